The van der Waals surface area contributed by atoms with Crippen molar-refractivity contribution in [3.8, 4) is 0 Å². The van der Waals surface area contributed by atoms with E-state index in [1.54, 1.807) is 0 Å². The first kappa shape index (κ1) is 16.3. The third-order valence-electron chi connectivity index (χ3n) is 5.48. The Kier molecular flexibility index (Phi) is 7.37. The largest absolute Gasteiger partial charge is 0.314 e. The highest BCUT2D eigenvalue weighted by Crippen LogP contribution is 2.29. The zero-order valence-corrected chi connectivity index (χ0v) is 13.8. The van der Waals surface area contributed by atoms with Crippen molar-refractivity contribution in [2.24, 2.45) is 11.8 Å². The summed E-state index contributed by atoms with van der Waals surface area (Å²) in [4.78, 5) is 0. The van der Waals surface area contributed by atoms with Crippen LogP contribution in [0.5, 0.6) is 0 Å². The van der Waals surface area contributed by atoms with Gasteiger partial charge in [-0.15, -0.1) is 0 Å². The highest BCUT2D eigenvalue weighted by Gasteiger charge is 2.18. The second-order valence-electron chi connectivity index (χ2n) is 7.51. The fraction of sp³-hybridized carbons (Fsp3) is 1.00. The van der Waals surface area contributed by atoms with Crippen molar-refractivity contribution < 1.29 is 0 Å². The summed E-state index contributed by atoms with van der Waals surface area (Å²) < 4.78 is 0. The molecule has 2 nitrogen and oxygen atoms in total. The topological polar surface area (TPSA) is 24.1 Å². The minimum absolute atomic E-state index is 0.674. The van der Waals surface area contributed by atoms with Crippen LogP contribution in [0, 0.1) is 11.8 Å². The van der Waals surface area contributed by atoms with Crippen LogP contribution in [-0.4, -0.2) is 25.2 Å². The van der Waals surface area contributed by atoms with Gasteiger partial charge >= 0.3 is 0 Å². The van der Waals surface area contributed by atoms with Gasteiger partial charge in [-0.25, -0.2) is 0 Å². The van der Waals surface area contributed by atoms with Gasteiger partial charge in [0.15, 0.2) is 0 Å². The van der Waals surface area contributed by atoms with Gasteiger partial charge in [-0.3, -0.25) is 0 Å². The fourth-order valence-corrected chi connectivity index (χ4v) is 3.96. The Bertz CT molecular complexity index is 238. The average molecular weight is 280 g/mol. The zero-order valence-electron chi connectivity index (χ0n) is 13.8. The summed E-state index contributed by atoms with van der Waals surface area (Å²) in [5.74, 6) is 1.99. The van der Waals surface area contributed by atoms with E-state index in [1.165, 1.54) is 77.3 Å². The molecule has 118 valence electrons. The van der Waals surface area contributed by atoms with Crippen molar-refractivity contribution in [1.82, 2.24) is 10.6 Å². The lowest BCUT2D eigenvalue weighted by atomic mass is 9.81. The van der Waals surface area contributed by atoms with Gasteiger partial charge in [0.2, 0.25) is 0 Å². The van der Waals surface area contributed by atoms with Crippen LogP contribution in [-0.2, 0) is 0 Å². The second-order valence-corrected chi connectivity index (χ2v) is 7.51. The molecule has 2 fully saturated rings. The molecule has 0 aromatic rings. The molecule has 0 aromatic heterocycles. The van der Waals surface area contributed by atoms with Crippen LogP contribution in [0.1, 0.15) is 78.1 Å². The van der Waals surface area contributed by atoms with E-state index < -0.39 is 0 Å². The molecular weight excluding hydrogens is 244 g/mol. The molecule has 0 aromatic carbocycles. The van der Waals surface area contributed by atoms with Gasteiger partial charge < -0.3 is 10.6 Å². The smallest absolute Gasteiger partial charge is 0.00817 e. The highest BCUT2D eigenvalue weighted by atomic mass is 14.9. The predicted molar refractivity (Wildman–Crippen MR) is 88.1 cm³/mol. The van der Waals surface area contributed by atoms with Crippen LogP contribution >= 0.6 is 0 Å². The van der Waals surface area contributed by atoms with E-state index in [0.29, 0.717) is 6.04 Å². The van der Waals surface area contributed by atoms with E-state index in [1.807, 2.05) is 0 Å². The van der Waals surface area contributed by atoms with Crippen LogP contribution in [0.3, 0.4) is 0 Å². The second kappa shape index (κ2) is 9.04. The highest BCUT2D eigenvalue weighted by molar-refractivity contribution is 4.77. The first-order valence-electron chi connectivity index (χ1n) is 9.21. The maximum Gasteiger partial charge on any atom is 0.00817 e. The lowest BCUT2D eigenvalue weighted by Crippen LogP contribution is -2.37. The molecule has 0 spiro atoms. The molecule has 0 bridgehead atoms. The van der Waals surface area contributed by atoms with E-state index >= 15 is 0 Å². The minimum Gasteiger partial charge on any atom is -0.314 e. The van der Waals surface area contributed by atoms with Crippen molar-refractivity contribution in [2.45, 2.75) is 90.1 Å². The molecule has 1 saturated heterocycles. The maximum absolute atomic E-state index is 3.77. The standard InChI is InChI=1S/C18H36N2/c1-15-7-9-17(10-8-15)11-13-19-16(2)14-18-6-4-3-5-12-20-18/h15-20H,3-14H2,1-2H3. The predicted octanol–water partition coefficient (Wildman–Crippen LogP) is 4.10. The first-order valence-corrected chi connectivity index (χ1v) is 9.21. The molecule has 1 heterocycles. The molecule has 2 aliphatic rings. The molecule has 20 heavy (non-hydrogen) atoms. The van der Waals surface area contributed by atoms with Crippen molar-refractivity contribution in [2.75, 3.05) is 13.1 Å². The van der Waals surface area contributed by atoms with Gasteiger partial charge in [-0.2, -0.15) is 0 Å². The molecule has 2 rings (SSSR count). The SMILES string of the molecule is CC1CCC(CCNC(C)CC2CCCCCN2)CC1. The zero-order chi connectivity index (χ0) is 14.2. The van der Waals surface area contributed by atoms with E-state index in [-0.39, 0.29) is 0 Å². The average Bonchev–Trinajstić information content (AvgIpc) is 2.70. The monoisotopic (exact) mass is 280 g/mol. The summed E-state index contributed by atoms with van der Waals surface area (Å²) in [7, 11) is 0. The number of hydrogen-bond acceptors (Lipinski definition) is 2. The number of nitrogens with one attached hydrogen (secondary N) is 2. The van der Waals surface area contributed by atoms with Crippen LogP contribution in [0.4, 0.5) is 0 Å². The molecular formula is C18H36N2. The van der Waals surface area contributed by atoms with E-state index in [4.69, 9.17) is 0 Å². The van der Waals surface area contributed by atoms with E-state index in [0.717, 1.165) is 17.9 Å². The van der Waals surface area contributed by atoms with Gasteiger partial charge in [-0.05, 0) is 57.5 Å². The molecule has 2 heteroatoms. The Balaban J connectivity index is 1.54. The molecule has 2 unspecified atom stereocenters. The van der Waals surface area contributed by atoms with Gasteiger partial charge in [-0.1, -0.05) is 45.4 Å². The molecule has 1 saturated carbocycles. The normalized spacial score (nSPS) is 33.6. The Morgan fingerprint density at radius 1 is 1.05 bits per heavy atom. The quantitative estimate of drug-likeness (QED) is 0.765. The van der Waals surface area contributed by atoms with Crippen LogP contribution in [0.25, 0.3) is 0 Å². The lowest BCUT2D eigenvalue weighted by molar-refractivity contribution is 0.271. The van der Waals surface area contributed by atoms with Gasteiger partial charge in [0, 0.05) is 12.1 Å². The Hall–Kier alpha value is -0.0800. The summed E-state index contributed by atoms with van der Waals surface area (Å²) in [5.41, 5.74) is 0. The summed E-state index contributed by atoms with van der Waals surface area (Å²) >= 11 is 0. The molecule has 1 aliphatic heterocycles. The molecule has 2 atom stereocenters. The maximum atomic E-state index is 3.77. The Labute approximate surface area is 126 Å². The summed E-state index contributed by atoms with van der Waals surface area (Å²) in [6.07, 6.45) is 14.2. The van der Waals surface area contributed by atoms with Crippen molar-refractivity contribution >= 4 is 0 Å². The minimum atomic E-state index is 0.674. The molecule has 0 amide bonds. The molecule has 1 aliphatic carbocycles. The third-order valence-corrected chi connectivity index (χ3v) is 5.48. The summed E-state index contributed by atoms with van der Waals surface area (Å²) in [6.45, 7) is 7.25. The van der Waals surface area contributed by atoms with Crippen molar-refractivity contribution in [3.63, 3.8) is 0 Å². The van der Waals surface area contributed by atoms with Gasteiger partial charge in [0.25, 0.3) is 0 Å². The first-order chi connectivity index (χ1) is 9.74. The third kappa shape index (κ3) is 6.13. The van der Waals surface area contributed by atoms with E-state index in [2.05, 4.69) is 24.5 Å². The van der Waals surface area contributed by atoms with Crippen molar-refractivity contribution in [3.05, 3.63) is 0 Å². The van der Waals surface area contributed by atoms with E-state index in [9.17, 15) is 0 Å². The van der Waals surface area contributed by atoms with Crippen molar-refractivity contribution in [1.29, 1.82) is 0 Å². The summed E-state index contributed by atoms with van der Waals surface area (Å²) in [6, 6.07) is 1.43. The molecule has 2 N–H and O–H groups in total. The van der Waals surface area contributed by atoms with Crippen LogP contribution in [0.15, 0.2) is 0 Å². The number of hydrogen-bond donors (Lipinski definition) is 2. The van der Waals surface area contributed by atoms with Crippen LogP contribution < -0.4 is 10.6 Å². The van der Waals surface area contributed by atoms with Gasteiger partial charge in [0.1, 0.15) is 0 Å². The lowest BCUT2D eigenvalue weighted by Gasteiger charge is -2.27. The Morgan fingerprint density at radius 3 is 2.65 bits per heavy atom. The molecule has 0 radical (unpaired) electrons. The fourth-order valence-electron chi connectivity index (χ4n) is 3.96. The van der Waals surface area contributed by atoms with Gasteiger partial charge in [0.05, 0.1) is 0 Å². The van der Waals surface area contributed by atoms with Crippen LogP contribution in [0.2, 0.25) is 0 Å². The summed E-state index contributed by atoms with van der Waals surface area (Å²) in [5, 5.41) is 7.49. The number of rotatable bonds is 6. The Morgan fingerprint density at radius 2 is 1.85 bits per heavy atom.